The highest BCUT2D eigenvalue weighted by Crippen LogP contribution is 2.48. The van der Waals surface area contributed by atoms with Crippen LogP contribution >= 0.6 is 0 Å². The second-order valence-electron chi connectivity index (χ2n) is 5.66. The molecule has 2 rings (SSSR count). The van der Waals surface area contributed by atoms with E-state index in [-0.39, 0.29) is 10.3 Å². The Morgan fingerprint density at radius 2 is 2.14 bits per heavy atom. The smallest absolute Gasteiger partial charge is 0.240 e. The summed E-state index contributed by atoms with van der Waals surface area (Å²) in [5.41, 5.74) is 1.22. The molecule has 0 amide bonds. The molecular weight excluding hydrogens is 288 g/mol. The van der Waals surface area contributed by atoms with Gasteiger partial charge >= 0.3 is 0 Å². The number of sulfonamides is 1. The fraction of sp³-hybridized carbons (Fsp3) is 0.533. The topological polar surface area (TPSA) is 79.2 Å². The van der Waals surface area contributed by atoms with Crippen molar-refractivity contribution in [3.63, 3.8) is 0 Å². The summed E-state index contributed by atoms with van der Waals surface area (Å²) in [6, 6.07) is 6.59. The van der Waals surface area contributed by atoms with Gasteiger partial charge < -0.3 is 4.74 Å². The Kier molecular flexibility index (Phi) is 4.67. The second-order valence-corrected chi connectivity index (χ2v) is 7.42. The fourth-order valence-electron chi connectivity index (χ4n) is 2.27. The molecule has 0 saturated heterocycles. The molecule has 0 aliphatic heterocycles. The van der Waals surface area contributed by atoms with Crippen LogP contribution in [0.4, 0.5) is 0 Å². The fourth-order valence-corrected chi connectivity index (χ4v) is 3.51. The molecule has 5 nitrogen and oxygen atoms in total. The largest absolute Gasteiger partial charge is 0.385 e. The Bertz CT molecular complexity index is 658. The van der Waals surface area contributed by atoms with Crippen LogP contribution in [0.1, 0.15) is 30.4 Å². The van der Waals surface area contributed by atoms with Crippen LogP contribution in [0, 0.1) is 23.7 Å². The molecule has 1 saturated carbocycles. The zero-order valence-corrected chi connectivity index (χ0v) is 13.2. The molecule has 0 radical (unpaired) electrons. The molecule has 21 heavy (non-hydrogen) atoms. The zero-order valence-electron chi connectivity index (χ0n) is 12.3. The van der Waals surface area contributed by atoms with E-state index in [9.17, 15) is 8.42 Å². The average molecular weight is 308 g/mol. The van der Waals surface area contributed by atoms with Crippen LogP contribution in [0.3, 0.4) is 0 Å². The van der Waals surface area contributed by atoms with Crippen molar-refractivity contribution in [2.45, 2.75) is 31.1 Å². The molecule has 1 aromatic carbocycles. The predicted molar refractivity (Wildman–Crippen MR) is 79.2 cm³/mol. The summed E-state index contributed by atoms with van der Waals surface area (Å²) in [5.74, 6) is 0. The maximum absolute atomic E-state index is 12.3. The minimum atomic E-state index is -3.53. The standard InChI is InChI=1S/C15H20N2O3S/c1-12-9-14(4-3-13(12)10-16)21(18,19)17-11-15(5-6-15)7-8-20-2/h3-4,9,17H,5-8,11H2,1-2H3. The third kappa shape index (κ3) is 3.82. The van der Waals surface area contributed by atoms with Gasteiger partial charge in [0.15, 0.2) is 0 Å². The Labute approximate surface area is 126 Å². The first-order chi connectivity index (χ1) is 9.92. The molecule has 1 aliphatic carbocycles. The van der Waals surface area contributed by atoms with Crippen LogP contribution in [-0.4, -0.2) is 28.7 Å². The minimum absolute atomic E-state index is 0.0602. The number of methoxy groups -OCH3 is 1. The average Bonchev–Trinajstić information content (AvgIpc) is 3.24. The summed E-state index contributed by atoms with van der Waals surface area (Å²) in [4.78, 5) is 0.210. The molecule has 0 spiro atoms. The van der Waals surface area contributed by atoms with Gasteiger partial charge in [0.05, 0.1) is 16.5 Å². The van der Waals surface area contributed by atoms with Crippen LogP contribution in [0.5, 0.6) is 0 Å². The monoisotopic (exact) mass is 308 g/mol. The number of hydrogen-bond acceptors (Lipinski definition) is 4. The van der Waals surface area contributed by atoms with Crippen molar-refractivity contribution >= 4 is 10.0 Å². The molecule has 0 heterocycles. The van der Waals surface area contributed by atoms with Crippen LogP contribution in [0.15, 0.2) is 23.1 Å². The number of nitriles is 1. The van der Waals surface area contributed by atoms with E-state index >= 15 is 0 Å². The van der Waals surface area contributed by atoms with E-state index in [1.54, 1.807) is 20.1 Å². The van der Waals surface area contributed by atoms with E-state index in [0.29, 0.717) is 24.3 Å². The van der Waals surface area contributed by atoms with Gasteiger partial charge in [-0.3, -0.25) is 0 Å². The molecule has 6 heteroatoms. The van der Waals surface area contributed by atoms with E-state index < -0.39 is 10.0 Å². The first-order valence-corrected chi connectivity index (χ1v) is 8.40. The molecule has 0 aromatic heterocycles. The highest BCUT2D eigenvalue weighted by molar-refractivity contribution is 7.89. The molecule has 0 atom stereocenters. The lowest BCUT2D eigenvalue weighted by molar-refractivity contribution is 0.173. The first kappa shape index (κ1) is 16.0. The second kappa shape index (κ2) is 6.14. The van der Waals surface area contributed by atoms with Gasteiger partial charge in [0.25, 0.3) is 0 Å². The number of rotatable bonds is 7. The maximum atomic E-state index is 12.3. The molecule has 1 aromatic rings. The van der Waals surface area contributed by atoms with Crippen molar-refractivity contribution in [3.05, 3.63) is 29.3 Å². The zero-order chi connectivity index (χ0) is 15.5. The van der Waals surface area contributed by atoms with Gasteiger partial charge in [0, 0.05) is 20.3 Å². The summed E-state index contributed by atoms with van der Waals surface area (Å²) >= 11 is 0. The molecular formula is C15H20N2O3S. The van der Waals surface area contributed by atoms with E-state index in [2.05, 4.69) is 4.72 Å². The number of aryl methyl sites for hydroxylation is 1. The first-order valence-electron chi connectivity index (χ1n) is 6.92. The quantitative estimate of drug-likeness (QED) is 0.835. The van der Waals surface area contributed by atoms with Crippen molar-refractivity contribution in [2.75, 3.05) is 20.3 Å². The maximum Gasteiger partial charge on any atom is 0.240 e. The predicted octanol–water partition coefficient (Wildman–Crippen LogP) is 1.96. The van der Waals surface area contributed by atoms with E-state index in [0.717, 1.165) is 19.3 Å². The van der Waals surface area contributed by atoms with Crippen LogP contribution < -0.4 is 4.72 Å². The normalized spacial score (nSPS) is 16.4. The van der Waals surface area contributed by atoms with Crippen LogP contribution in [-0.2, 0) is 14.8 Å². The van der Waals surface area contributed by atoms with E-state index in [1.807, 2.05) is 6.07 Å². The van der Waals surface area contributed by atoms with Gasteiger partial charge in [0.2, 0.25) is 10.0 Å². The van der Waals surface area contributed by atoms with E-state index in [1.165, 1.54) is 12.1 Å². The highest BCUT2D eigenvalue weighted by atomic mass is 32.2. The molecule has 114 valence electrons. The van der Waals surface area contributed by atoms with Gasteiger partial charge in [-0.1, -0.05) is 0 Å². The Balaban J connectivity index is 2.06. The van der Waals surface area contributed by atoms with Crippen molar-refractivity contribution < 1.29 is 13.2 Å². The Morgan fingerprint density at radius 3 is 2.67 bits per heavy atom. The Morgan fingerprint density at radius 1 is 1.43 bits per heavy atom. The van der Waals surface area contributed by atoms with Gasteiger partial charge in [-0.15, -0.1) is 0 Å². The number of ether oxygens (including phenoxy) is 1. The summed E-state index contributed by atoms with van der Waals surface area (Å²) in [7, 11) is -1.87. The molecule has 0 bridgehead atoms. The minimum Gasteiger partial charge on any atom is -0.385 e. The lowest BCUT2D eigenvalue weighted by Gasteiger charge is -2.16. The van der Waals surface area contributed by atoms with E-state index in [4.69, 9.17) is 10.00 Å². The van der Waals surface area contributed by atoms with Crippen molar-refractivity contribution in [2.24, 2.45) is 5.41 Å². The third-order valence-electron chi connectivity index (χ3n) is 4.06. The number of nitrogens with zero attached hydrogens (tertiary/aromatic N) is 1. The summed E-state index contributed by atoms with van der Waals surface area (Å²) in [5, 5.41) is 8.89. The summed E-state index contributed by atoms with van der Waals surface area (Å²) < 4.78 is 32.4. The number of hydrogen-bond donors (Lipinski definition) is 1. The van der Waals surface area contributed by atoms with Crippen molar-refractivity contribution in [3.8, 4) is 6.07 Å². The number of nitrogens with one attached hydrogen (secondary N) is 1. The SMILES string of the molecule is COCCC1(CNS(=O)(=O)c2ccc(C#N)c(C)c2)CC1. The van der Waals surface area contributed by atoms with Crippen LogP contribution in [0.2, 0.25) is 0 Å². The molecule has 1 fully saturated rings. The Hall–Kier alpha value is -1.42. The van der Waals surface area contributed by atoms with Gasteiger partial charge in [-0.05, 0) is 55.4 Å². The highest BCUT2D eigenvalue weighted by Gasteiger charge is 2.42. The molecule has 1 N–H and O–H groups in total. The molecule has 1 aliphatic rings. The summed E-state index contributed by atoms with van der Waals surface area (Å²) in [6.07, 6.45) is 2.94. The van der Waals surface area contributed by atoms with Crippen molar-refractivity contribution in [1.82, 2.24) is 4.72 Å². The van der Waals surface area contributed by atoms with Gasteiger partial charge in [0.1, 0.15) is 0 Å². The van der Waals surface area contributed by atoms with Crippen molar-refractivity contribution in [1.29, 1.82) is 5.26 Å². The van der Waals surface area contributed by atoms with Gasteiger partial charge in [-0.25, -0.2) is 13.1 Å². The summed E-state index contributed by atoms with van der Waals surface area (Å²) in [6.45, 7) is 2.83. The van der Waals surface area contributed by atoms with Gasteiger partial charge in [-0.2, -0.15) is 5.26 Å². The van der Waals surface area contributed by atoms with Crippen LogP contribution in [0.25, 0.3) is 0 Å². The molecule has 0 unspecified atom stereocenters. The lowest BCUT2D eigenvalue weighted by atomic mass is 10.0. The lowest BCUT2D eigenvalue weighted by Crippen LogP contribution is -2.31. The third-order valence-corrected chi connectivity index (χ3v) is 5.46. The number of benzene rings is 1.